The van der Waals surface area contributed by atoms with Gasteiger partial charge < -0.3 is 10.1 Å². The van der Waals surface area contributed by atoms with E-state index in [9.17, 15) is 4.79 Å². The molecule has 3 rings (SSSR count). The first-order chi connectivity index (χ1) is 15.7. The van der Waals surface area contributed by atoms with E-state index in [-0.39, 0.29) is 18.8 Å². The number of nitrogens with one attached hydrogen (secondary N) is 1. The second-order valence-corrected chi connectivity index (χ2v) is 9.58. The van der Waals surface area contributed by atoms with Crippen molar-refractivity contribution in [3.8, 4) is 0 Å². The molecule has 1 aliphatic rings. The number of hydrogen-bond acceptors (Lipinski definition) is 4. The van der Waals surface area contributed by atoms with Crippen molar-refractivity contribution < 1.29 is 11.0 Å². The van der Waals surface area contributed by atoms with E-state index in [0.29, 0.717) is 19.1 Å². The normalized spacial score (nSPS) is 18.3. The zero-order valence-corrected chi connectivity index (χ0v) is 22.4. The molecule has 1 aliphatic heterocycles. The number of methoxy groups -OCH3 is 1. The first kappa shape index (κ1) is 29.0. The predicted molar refractivity (Wildman–Crippen MR) is 143 cm³/mol. The Bertz CT molecular complexity index is 814. The van der Waals surface area contributed by atoms with E-state index in [1.54, 1.807) is 7.11 Å². The largest absolute Gasteiger partial charge is 0.369 e. The van der Waals surface area contributed by atoms with Crippen molar-refractivity contribution in [2.75, 3.05) is 34.5 Å². The number of benzene rings is 2. The van der Waals surface area contributed by atoms with Crippen LogP contribution in [0.15, 0.2) is 48.5 Å². The maximum atomic E-state index is 12.8. The van der Waals surface area contributed by atoms with Crippen LogP contribution in [-0.4, -0.2) is 45.2 Å². The zero-order valence-electron chi connectivity index (χ0n) is 22.4. The van der Waals surface area contributed by atoms with E-state index < -0.39 is 0 Å². The molecule has 1 heterocycles. The lowest BCUT2D eigenvalue weighted by Crippen LogP contribution is -2.28. The molecular formula is C29H48N2O2. The molecule has 1 N–H and O–H groups in total. The minimum absolute atomic E-state index is 0. The van der Waals surface area contributed by atoms with E-state index in [1.807, 2.05) is 27.9 Å². The van der Waals surface area contributed by atoms with Crippen molar-refractivity contribution in [2.45, 2.75) is 65.8 Å². The molecule has 2 unspecified atom stereocenters. The standard InChI is InChI=1S/C25H33NO2.C2H7N.C2H6.H2/c1-18-6-8-19(9-7-18)10-15-22-23(27)16-26(17-28-5)24(22)20-11-13-21(14-12-20)25(2,3)4;1-3-2;1-2;/h6-9,11-14,22,24H,10,15-17H2,1-5H3;3H,1-2H3;1-2H3;1H. The third-order valence-corrected chi connectivity index (χ3v) is 5.82. The summed E-state index contributed by atoms with van der Waals surface area (Å²) in [4.78, 5) is 15.0. The lowest BCUT2D eigenvalue weighted by molar-refractivity contribution is -0.120. The molecule has 0 aliphatic carbocycles. The first-order valence-electron chi connectivity index (χ1n) is 12.2. The topological polar surface area (TPSA) is 41.6 Å². The zero-order chi connectivity index (χ0) is 25.0. The minimum Gasteiger partial charge on any atom is -0.369 e. The molecule has 2 aromatic rings. The van der Waals surface area contributed by atoms with E-state index >= 15 is 0 Å². The van der Waals surface area contributed by atoms with E-state index in [1.165, 1.54) is 22.3 Å². The van der Waals surface area contributed by atoms with Gasteiger partial charge in [0.25, 0.3) is 0 Å². The van der Waals surface area contributed by atoms with Gasteiger partial charge in [0.1, 0.15) is 0 Å². The average molecular weight is 457 g/mol. The van der Waals surface area contributed by atoms with E-state index in [0.717, 1.165) is 12.8 Å². The number of likely N-dealkylation sites (tertiary alicyclic amines) is 1. The molecule has 1 fully saturated rings. The number of rotatable bonds is 6. The van der Waals surface area contributed by atoms with Crippen molar-refractivity contribution in [3.63, 3.8) is 0 Å². The fourth-order valence-corrected chi connectivity index (χ4v) is 4.16. The second kappa shape index (κ2) is 14.3. The van der Waals surface area contributed by atoms with Crippen LogP contribution in [0.2, 0.25) is 0 Å². The van der Waals surface area contributed by atoms with Crippen LogP contribution in [0.1, 0.15) is 70.8 Å². The van der Waals surface area contributed by atoms with Gasteiger partial charge in [-0.1, -0.05) is 88.7 Å². The van der Waals surface area contributed by atoms with Gasteiger partial charge in [0.2, 0.25) is 0 Å². The maximum absolute atomic E-state index is 12.8. The summed E-state index contributed by atoms with van der Waals surface area (Å²) in [6.07, 6.45) is 1.79. The van der Waals surface area contributed by atoms with Crippen molar-refractivity contribution >= 4 is 5.78 Å². The quantitative estimate of drug-likeness (QED) is 0.564. The highest BCUT2D eigenvalue weighted by atomic mass is 16.5. The van der Waals surface area contributed by atoms with Crippen LogP contribution in [0.3, 0.4) is 0 Å². The number of carbonyl (C=O) groups is 1. The van der Waals surface area contributed by atoms with Crippen LogP contribution in [0.5, 0.6) is 0 Å². The number of carbonyl (C=O) groups excluding carboxylic acids is 1. The molecule has 33 heavy (non-hydrogen) atoms. The third-order valence-electron chi connectivity index (χ3n) is 5.82. The summed E-state index contributed by atoms with van der Waals surface area (Å²) in [7, 11) is 5.45. The Morgan fingerprint density at radius 3 is 2.06 bits per heavy atom. The monoisotopic (exact) mass is 456 g/mol. The molecule has 0 aromatic heterocycles. The van der Waals surface area contributed by atoms with Crippen LogP contribution >= 0.6 is 0 Å². The number of aryl methyl sites for hydroxylation is 2. The molecule has 2 aromatic carbocycles. The third kappa shape index (κ3) is 8.69. The van der Waals surface area contributed by atoms with Crippen molar-refractivity contribution in [1.82, 2.24) is 10.2 Å². The minimum atomic E-state index is 0. The van der Waals surface area contributed by atoms with Crippen LogP contribution in [0.25, 0.3) is 0 Å². The Morgan fingerprint density at radius 1 is 1.03 bits per heavy atom. The molecule has 186 valence electrons. The number of ketones is 1. The van der Waals surface area contributed by atoms with Gasteiger partial charge in [-0.2, -0.15) is 0 Å². The second-order valence-electron chi connectivity index (χ2n) is 9.58. The molecule has 4 heteroatoms. The molecule has 0 radical (unpaired) electrons. The van der Waals surface area contributed by atoms with Gasteiger partial charge in [0, 0.05) is 20.5 Å². The van der Waals surface area contributed by atoms with Crippen LogP contribution in [-0.2, 0) is 21.4 Å². The first-order valence-corrected chi connectivity index (χ1v) is 12.2. The Kier molecular flexibility index (Phi) is 12.6. The van der Waals surface area contributed by atoms with Gasteiger partial charge in [-0.15, -0.1) is 0 Å². The van der Waals surface area contributed by atoms with Gasteiger partial charge in [0.15, 0.2) is 5.78 Å². The van der Waals surface area contributed by atoms with Crippen molar-refractivity contribution in [3.05, 3.63) is 70.8 Å². The van der Waals surface area contributed by atoms with E-state index in [2.05, 4.69) is 86.4 Å². The molecule has 1 saturated heterocycles. The molecule has 0 amide bonds. The summed E-state index contributed by atoms with van der Waals surface area (Å²) in [5.41, 5.74) is 5.22. The Labute approximate surface area is 204 Å². The molecule has 0 saturated carbocycles. The van der Waals surface area contributed by atoms with Gasteiger partial charge in [0.05, 0.1) is 13.3 Å². The molecule has 0 spiro atoms. The summed E-state index contributed by atoms with van der Waals surface area (Å²) in [6.45, 7) is 13.7. The van der Waals surface area contributed by atoms with Crippen LogP contribution in [0.4, 0.5) is 0 Å². The highest BCUT2D eigenvalue weighted by molar-refractivity contribution is 5.86. The summed E-state index contributed by atoms with van der Waals surface area (Å²) in [5.74, 6) is 0.339. The fraction of sp³-hybridized carbons (Fsp3) is 0.552. The number of Topliss-reactive ketones (excluding diaryl/α,β-unsaturated/α-hetero) is 1. The number of nitrogens with zero attached hydrogens (tertiary/aromatic N) is 1. The lowest BCUT2D eigenvalue weighted by Gasteiger charge is -2.28. The fourth-order valence-electron chi connectivity index (χ4n) is 4.16. The van der Waals surface area contributed by atoms with Crippen LogP contribution < -0.4 is 5.32 Å². The van der Waals surface area contributed by atoms with Gasteiger partial charge >= 0.3 is 0 Å². The predicted octanol–water partition coefficient (Wildman–Crippen LogP) is 6.18. The summed E-state index contributed by atoms with van der Waals surface area (Å²) in [6, 6.07) is 17.5. The molecular weight excluding hydrogens is 408 g/mol. The Morgan fingerprint density at radius 2 is 1.58 bits per heavy atom. The van der Waals surface area contributed by atoms with Crippen LogP contribution in [0, 0.1) is 12.8 Å². The molecule has 2 atom stereocenters. The van der Waals surface area contributed by atoms with E-state index in [4.69, 9.17) is 4.74 Å². The van der Waals surface area contributed by atoms with Gasteiger partial charge in [-0.3, -0.25) is 9.69 Å². The summed E-state index contributed by atoms with van der Waals surface area (Å²) >= 11 is 0. The lowest BCUT2D eigenvalue weighted by atomic mass is 9.84. The Hall–Kier alpha value is -2.01. The smallest absolute Gasteiger partial charge is 0.151 e. The number of ether oxygens (including phenoxy) is 1. The summed E-state index contributed by atoms with van der Waals surface area (Å²) < 4.78 is 5.40. The van der Waals surface area contributed by atoms with Gasteiger partial charge in [-0.25, -0.2) is 0 Å². The molecule has 0 bridgehead atoms. The SMILES string of the molecule is CC.CNC.COCN1CC(=O)C(CCc2ccc(C)cc2)C1c1ccc(C(C)(C)C)cc1.[HH]. The summed E-state index contributed by atoms with van der Waals surface area (Å²) in [5, 5.41) is 2.75. The van der Waals surface area contributed by atoms with Gasteiger partial charge in [-0.05, 0) is 56.0 Å². The Balaban J connectivity index is 0.00000168. The number of hydrogen-bond donors (Lipinski definition) is 1. The molecule has 4 nitrogen and oxygen atoms in total. The maximum Gasteiger partial charge on any atom is 0.151 e. The highest BCUT2D eigenvalue weighted by Gasteiger charge is 2.41. The highest BCUT2D eigenvalue weighted by Crippen LogP contribution is 2.38. The van der Waals surface area contributed by atoms with Crippen molar-refractivity contribution in [2.24, 2.45) is 5.92 Å². The average Bonchev–Trinajstić information content (AvgIpc) is 3.10. The van der Waals surface area contributed by atoms with Crippen molar-refractivity contribution in [1.29, 1.82) is 0 Å².